The van der Waals surface area contributed by atoms with E-state index in [9.17, 15) is 18.4 Å². The molecular weight excluding hydrogens is 386 g/mol. The first-order chi connectivity index (χ1) is 13.9. The number of rotatable bonds is 7. The van der Waals surface area contributed by atoms with E-state index in [1.165, 1.54) is 24.5 Å². The molecule has 0 aliphatic rings. The minimum atomic E-state index is -4.01. The SMILES string of the molecule is CC(CCc1ccc(-c2ccccc2)cc1)(C(=O)NO)S(=O)(=O)c1ccccc1. The summed E-state index contributed by atoms with van der Waals surface area (Å²) >= 11 is 0. The van der Waals surface area contributed by atoms with Crippen LogP contribution in [-0.2, 0) is 21.1 Å². The molecule has 0 spiro atoms. The molecule has 3 aromatic carbocycles. The first-order valence-electron chi connectivity index (χ1n) is 9.27. The Morgan fingerprint density at radius 1 is 0.862 bits per heavy atom. The molecule has 0 aliphatic carbocycles. The monoisotopic (exact) mass is 409 g/mol. The standard InChI is InChI=1S/C23H23NO4S/c1-23(22(25)24-26,29(27,28)21-10-6-3-7-11-21)17-16-18-12-14-20(15-13-18)19-8-4-2-5-9-19/h2-15,26H,16-17H2,1H3,(H,24,25). The van der Waals surface area contributed by atoms with Crippen molar-refractivity contribution in [3.8, 4) is 11.1 Å². The van der Waals surface area contributed by atoms with Gasteiger partial charge in [0.15, 0.2) is 14.6 Å². The van der Waals surface area contributed by atoms with Crippen LogP contribution in [0.1, 0.15) is 18.9 Å². The molecule has 0 aromatic heterocycles. The van der Waals surface area contributed by atoms with E-state index in [0.717, 1.165) is 16.7 Å². The molecule has 0 bridgehead atoms. The van der Waals surface area contributed by atoms with Crippen molar-refractivity contribution in [3.63, 3.8) is 0 Å². The van der Waals surface area contributed by atoms with Gasteiger partial charge >= 0.3 is 0 Å². The highest BCUT2D eigenvalue weighted by atomic mass is 32.2. The molecule has 0 saturated carbocycles. The molecule has 0 radical (unpaired) electrons. The summed E-state index contributed by atoms with van der Waals surface area (Å²) in [7, 11) is -4.01. The number of aryl methyl sites for hydroxylation is 1. The van der Waals surface area contributed by atoms with Gasteiger partial charge in [0.05, 0.1) is 4.90 Å². The molecule has 3 rings (SSSR count). The van der Waals surface area contributed by atoms with Gasteiger partial charge < -0.3 is 0 Å². The molecule has 6 heteroatoms. The van der Waals surface area contributed by atoms with Gasteiger partial charge in [-0.1, -0.05) is 72.8 Å². The molecular formula is C23H23NO4S. The van der Waals surface area contributed by atoms with Crippen molar-refractivity contribution < 1.29 is 18.4 Å². The maximum Gasteiger partial charge on any atom is 0.264 e. The average Bonchev–Trinajstić information content (AvgIpc) is 2.78. The van der Waals surface area contributed by atoms with Gasteiger partial charge in [-0.05, 0) is 48.6 Å². The Hall–Kier alpha value is -2.96. The summed E-state index contributed by atoms with van der Waals surface area (Å²) < 4.78 is 24.5. The average molecular weight is 410 g/mol. The predicted octanol–water partition coefficient (Wildman–Crippen LogP) is 4.02. The molecule has 0 aliphatic heterocycles. The molecule has 29 heavy (non-hydrogen) atoms. The predicted molar refractivity (Wildman–Crippen MR) is 112 cm³/mol. The Labute approximate surface area is 170 Å². The number of carbonyl (C=O) groups excluding carboxylic acids is 1. The summed E-state index contributed by atoms with van der Waals surface area (Å²) in [5.41, 5.74) is 4.59. The van der Waals surface area contributed by atoms with E-state index in [0.29, 0.717) is 6.42 Å². The first-order valence-corrected chi connectivity index (χ1v) is 10.8. The van der Waals surface area contributed by atoms with Crippen LogP contribution in [0.3, 0.4) is 0 Å². The zero-order valence-corrected chi connectivity index (χ0v) is 16.9. The lowest BCUT2D eigenvalue weighted by atomic mass is 9.97. The van der Waals surface area contributed by atoms with Crippen LogP contribution < -0.4 is 5.48 Å². The van der Waals surface area contributed by atoms with Crippen molar-refractivity contribution in [3.05, 3.63) is 90.5 Å². The highest BCUT2D eigenvalue weighted by Crippen LogP contribution is 2.31. The second-order valence-corrected chi connectivity index (χ2v) is 9.43. The van der Waals surface area contributed by atoms with Crippen molar-refractivity contribution in [2.24, 2.45) is 0 Å². The zero-order chi connectivity index (χ0) is 20.9. The number of benzene rings is 3. The summed E-state index contributed by atoms with van der Waals surface area (Å²) in [6.07, 6.45) is 0.395. The Morgan fingerprint density at radius 3 is 1.93 bits per heavy atom. The zero-order valence-electron chi connectivity index (χ0n) is 16.1. The molecule has 1 amide bonds. The normalized spacial score (nSPS) is 13.4. The smallest absolute Gasteiger partial charge is 0.264 e. The molecule has 1 unspecified atom stereocenters. The van der Waals surface area contributed by atoms with Gasteiger partial charge in [0.25, 0.3) is 5.91 Å². The summed E-state index contributed by atoms with van der Waals surface area (Å²) in [6, 6.07) is 25.5. The van der Waals surface area contributed by atoms with Crippen molar-refractivity contribution in [1.29, 1.82) is 0 Å². The number of nitrogens with one attached hydrogen (secondary N) is 1. The molecule has 2 N–H and O–H groups in total. The van der Waals surface area contributed by atoms with Gasteiger partial charge in [0.2, 0.25) is 0 Å². The number of carbonyl (C=O) groups is 1. The van der Waals surface area contributed by atoms with Crippen LogP contribution in [0.5, 0.6) is 0 Å². The van der Waals surface area contributed by atoms with Crippen LogP contribution in [-0.4, -0.2) is 24.3 Å². The fourth-order valence-electron chi connectivity index (χ4n) is 3.23. The van der Waals surface area contributed by atoms with Crippen molar-refractivity contribution in [1.82, 2.24) is 5.48 Å². The Balaban J connectivity index is 1.84. The van der Waals surface area contributed by atoms with E-state index < -0.39 is 20.5 Å². The van der Waals surface area contributed by atoms with E-state index in [1.54, 1.807) is 18.2 Å². The maximum absolute atomic E-state index is 13.1. The van der Waals surface area contributed by atoms with E-state index in [-0.39, 0.29) is 11.3 Å². The summed E-state index contributed by atoms with van der Waals surface area (Å²) in [5.74, 6) is -0.942. The van der Waals surface area contributed by atoms with Gasteiger partial charge in [-0.15, -0.1) is 0 Å². The summed E-state index contributed by atoms with van der Waals surface area (Å²) in [6.45, 7) is 1.35. The maximum atomic E-state index is 13.1. The number of hydrogen-bond donors (Lipinski definition) is 2. The van der Waals surface area contributed by atoms with Crippen LogP contribution in [0.25, 0.3) is 11.1 Å². The summed E-state index contributed by atoms with van der Waals surface area (Å²) in [4.78, 5) is 12.4. The summed E-state index contributed by atoms with van der Waals surface area (Å²) in [5, 5.41) is 9.18. The van der Waals surface area contributed by atoms with Crippen molar-refractivity contribution in [2.75, 3.05) is 0 Å². The van der Waals surface area contributed by atoms with Gasteiger partial charge in [0, 0.05) is 0 Å². The van der Waals surface area contributed by atoms with Crippen LogP contribution >= 0.6 is 0 Å². The molecule has 0 heterocycles. The van der Waals surface area contributed by atoms with Crippen LogP contribution in [0, 0.1) is 0 Å². The molecule has 3 aromatic rings. The van der Waals surface area contributed by atoms with E-state index in [2.05, 4.69) is 0 Å². The second kappa shape index (κ2) is 8.59. The topological polar surface area (TPSA) is 83.5 Å². The van der Waals surface area contributed by atoms with E-state index >= 15 is 0 Å². The van der Waals surface area contributed by atoms with Crippen LogP contribution in [0.15, 0.2) is 89.8 Å². The van der Waals surface area contributed by atoms with Crippen LogP contribution in [0.2, 0.25) is 0 Å². The molecule has 1 atom stereocenters. The van der Waals surface area contributed by atoms with Crippen molar-refractivity contribution in [2.45, 2.75) is 29.4 Å². The number of sulfone groups is 1. The van der Waals surface area contributed by atoms with Crippen molar-refractivity contribution >= 4 is 15.7 Å². The lowest BCUT2D eigenvalue weighted by molar-refractivity contribution is -0.131. The minimum Gasteiger partial charge on any atom is -0.289 e. The second-order valence-electron chi connectivity index (χ2n) is 7.05. The highest BCUT2D eigenvalue weighted by Gasteiger charge is 2.46. The Morgan fingerprint density at radius 2 is 1.38 bits per heavy atom. The molecule has 5 nitrogen and oxygen atoms in total. The number of amides is 1. The van der Waals surface area contributed by atoms with E-state index in [1.807, 2.05) is 54.6 Å². The molecule has 0 saturated heterocycles. The Kier molecular flexibility index (Phi) is 6.15. The third-order valence-electron chi connectivity index (χ3n) is 5.18. The number of hydrogen-bond acceptors (Lipinski definition) is 4. The fraction of sp³-hybridized carbons (Fsp3) is 0.174. The van der Waals surface area contributed by atoms with Gasteiger partial charge in [-0.2, -0.15) is 0 Å². The lowest BCUT2D eigenvalue weighted by Crippen LogP contribution is -2.49. The fourth-order valence-corrected chi connectivity index (χ4v) is 4.92. The third kappa shape index (κ3) is 4.23. The Bertz CT molecular complexity index is 1060. The quantitative estimate of drug-likeness (QED) is 0.456. The van der Waals surface area contributed by atoms with Gasteiger partial charge in [-0.3, -0.25) is 10.0 Å². The molecule has 0 fully saturated rings. The number of hydroxylamine groups is 1. The van der Waals surface area contributed by atoms with E-state index in [4.69, 9.17) is 0 Å². The van der Waals surface area contributed by atoms with Gasteiger partial charge in [-0.25, -0.2) is 13.9 Å². The molecule has 150 valence electrons. The minimum absolute atomic E-state index is 0.0291. The third-order valence-corrected chi connectivity index (χ3v) is 7.65. The van der Waals surface area contributed by atoms with Crippen LogP contribution in [0.4, 0.5) is 0 Å². The highest BCUT2D eigenvalue weighted by molar-refractivity contribution is 7.93. The first kappa shape index (κ1) is 20.8. The van der Waals surface area contributed by atoms with Gasteiger partial charge in [0.1, 0.15) is 0 Å². The largest absolute Gasteiger partial charge is 0.289 e. The lowest BCUT2D eigenvalue weighted by Gasteiger charge is -2.27.